The van der Waals surface area contributed by atoms with Crippen molar-refractivity contribution in [1.82, 2.24) is 15.0 Å². The quantitative estimate of drug-likeness (QED) is 0.586. The van der Waals surface area contributed by atoms with Crippen molar-refractivity contribution in [2.75, 3.05) is 13.2 Å². The molecule has 0 saturated carbocycles. The monoisotopic (exact) mass is 337 g/mol. The molecular formula is C16H17F2N3O3. The molecule has 1 aromatic carbocycles. The number of rotatable bonds is 8. The Bertz CT molecular complexity index is 716. The fraction of sp³-hybridized carbons (Fsp3) is 0.312. The molecule has 2 rings (SSSR count). The number of carbonyl (C=O) groups is 1. The molecule has 0 spiro atoms. The van der Waals surface area contributed by atoms with E-state index in [1.165, 1.54) is 12.1 Å². The Morgan fingerprint density at radius 2 is 2.17 bits per heavy atom. The van der Waals surface area contributed by atoms with Crippen LogP contribution in [0.15, 0.2) is 30.5 Å². The first kappa shape index (κ1) is 17.7. The average molecular weight is 337 g/mol. The summed E-state index contributed by atoms with van der Waals surface area (Å²) in [6.07, 6.45) is 5.06. The molecule has 0 unspecified atom stereocenters. The van der Waals surface area contributed by atoms with Crippen molar-refractivity contribution in [3.8, 4) is 0 Å². The molecule has 0 bridgehead atoms. The normalized spacial score (nSPS) is 11.1. The van der Waals surface area contributed by atoms with Crippen LogP contribution in [0.3, 0.4) is 0 Å². The highest BCUT2D eigenvalue weighted by atomic mass is 19.2. The number of ether oxygens (including phenoxy) is 1. The van der Waals surface area contributed by atoms with Crippen LogP contribution >= 0.6 is 0 Å². The van der Waals surface area contributed by atoms with Crippen molar-refractivity contribution in [2.24, 2.45) is 0 Å². The molecule has 1 heterocycles. The second-order valence-corrected chi connectivity index (χ2v) is 4.95. The first-order chi connectivity index (χ1) is 11.6. The van der Waals surface area contributed by atoms with Gasteiger partial charge in [-0.05, 0) is 30.2 Å². The molecule has 0 fully saturated rings. The van der Waals surface area contributed by atoms with E-state index in [0.29, 0.717) is 24.9 Å². The van der Waals surface area contributed by atoms with E-state index in [9.17, 15) is 13.6 Å². The summed E-state index contributed by atoms with van der Waals surface area (Å²) in [4.78, 5) is 11.6. The van der Waals surface area contributed by atoms with Crippen LogP contribution in [-0.4, -0.2) is 39.3 Å². The molecule has 24 heavy (non-hydrogen) atoms. The maximum Gasteiger partial charge on any atom is 0.330 e. The van der Waals surface area contributed by atoms with E-state index in [1.807, 2.05) is 0 Å². The van der Waals surface area contributed by atoms with Gasteiger partial charge in [0.15, 0.2) is 11.6 Å². The third-order valence-corrected chi connectivity index (χ3v) is 3.18. The third kappa shape index (κ3) is 5.24. The van der Waals surface area contributed by atoms with Gasteiger partial charge in [-0.25, -0.2) is 18.3 Å². The zero-order valence-electron chi connectivity index (χ0n) is 12.9. The predicted octanol–water partition coefficient (Wildman–Crippen LogP) is 1.74. The number of nitrogens with zero attached hydrogens (tertiary/aromatic N) is 3. The van der Waals surface area contributed by atoms with Crippen LogP contribution in [0, 0.1) is 11.6 Å². The fourth-order valence-corrected chi connectivity index (χ4v) is 1.97. The molecule has 6 nitrogen and oxygen atoms in total. The summed E-state index contributed by atoms with van der Waals surface area (Å²) in [6.45, 7) is 0.728. The lowest BCUT2D eigenvalue weighted by atomic mass is 10.2. The number of esters is 1. The number of hydrogen-bond donors (Lipinski definition) is 1. The Labute approximate surface area is 137 Å². The van der Waals surface area contributed by atoms with Gasteiger partial charge in [0.1, 0.15) is 0 Å². The molecule has 1 N–H and O–H groups in total. The van der Waals surface area contributed by atoms with Crippen LogP contribution in [0.25, 0.3) is 6.08 Å². The molecule has 2 aromatic rings. The average Bonchev–Trinajstić information content (AvgIpc) is 3.01. The number of halogens is 2. The van der Waals surface area contributed by atoms with Crippen molar-refractivity contribution in [3.63, 3.8) is 0 Å². The van der Waals surface area contributed by atoms with E-state index in [-0.39, 0.29) is 13.2 Å². The lowest BCUT2D eigenvalue weighted by Crippen LogP contribution is -2.10. The Hall–Kier alpha value is -2.61. The predicted molar refractivity (Wildman–Crippen MR) is 81.8 cm³/mol. The Morgan fingerprint density at radius 1 is 1.33 bits per heavy atom. The van der Waals surface area contributed by atoms with E-state index in [1.54, 1.807) is 10.9 Å². The van der Waals surface area contributed by atoms with E-state index >= 15 is 0 Å². The SMILES string of the molecule is O=C(/C=C/c1ccc(F)c(F)c1)OCCc1cnnn1CCCO. The zero-order chi connectivity index (χ0) is 17.4. The van der Waals surface area contributed by atoms with Crippen molar-refractivity contribution >= 4 is 12.0 Å². The Balaban J connectivity index is 1.80. The van der Waals surface area contributed by atoms with Crippen LogP contribution in [-0.2, 0) is 22.5 Å². The number of aryl methyl sites for hydroxylation is 1. The standard InChI is InChI=1S/C16H17F2N3O3/c17-14-4-2-12(10-15(14)18)3-5-16(23)24-9-6-13-11-19-20-21(13)7-1-8-22/h2-5,10-11,22H,1,6-9H2/b5-3+. The minimum Gasteiger partial charge on any atom is -0.462 e. The van der Waals surface area contributed by atoms with Crippen molar-refractivity contribution in [1.29, 1.82) is 0 Å². The molecule has 128 valence electrons. The summed E-state index contributed by atoms with van der Waals surface area (Å²) in [5.41, 5.74) is 1.15. The Morgan fingerprint density at radius 3 is 2.92 bits per heavy atom. The van der Waals surface area contributed by atoms with E-state index in [2.05, 4.69) is 10.3 Å². The van der Waals surface area contributed by atoms with Gasteiger partial charge in [-0.1, -0.05) is 11.3 Å². The van der Waals surface area contributed by atoms with E-state index in [0.717, 1.165) is 23.9 Å². The van der Waals surface area contributed by atoms with Gasteiger partial charge in [0.25, 0.3) is 0 Å². The highest BCUT2D eigenvalue weighted by Crippen LogP contribution is 2.10. The topological polar surface area (TPSA) is 77.2 Å². The summed E-state index contributed by atoms with van der Waals surface area (Å²) in [5.74, 6) is -2.51. The number of carbonyl (C=O) groups excluding carboxylic acids is 1. The molecule has 0 atom stereocenters. The minimum atomic E-state index is -0.978. The van der Waals surface area contributed by atoms with Gasteiger partial charge in [0, 0.05) is 25.6 Å². The highest BCUT2D eigenvalue weighted by molar-refractivity contribution is 5.87. The van der Waals surface area contributed by atoms with Crippen molar-refractivity contribution < 1.29 is 23.4 Å². The molecule has 0 saturated heterocycles. The summed E-state index contributed by atoms with van der Waals surface area (Å²) in [6, 6.07) is 3.33. The van der Waals surface area contributed by atoms with E-state index in [4.69, 9.17) is 9.84 Å². The summed E-state index contributed by atoms with van der Waals surface area (Å²) < 4.78 is 32.5. The number of hydrogen-bond acceptors (Lipinski definition) is 5. The van der Waals surface area contributed by atoms with Gasteiger partial charge >= 0.3 is 5.97 Å². The smallest absolute Gasteiger partial charge is 0.330 e. The van der Waals surface area contributed by atoms with Gasteiger partial charge in [-0.15, -0.1) is 5.10 Å². The van der Waals surface area contributed by atoms with Crippen LogP contribution in [0.1, 0.15) is 17.7 Å². The van der Waals surface area contributed by atoms with Crippen molar-refractivity contribution in [3.05, 3.63) is 53.4 Å². The molecule has 0 aliphatic rings. The minimum absolute atomic E-state index is 0.0586. The molecule has 0 aliphatic heterocycles. The first-order valence-electron chi connectivity index (χ1n) is 7.38. The van der Waals surface area contributed by atoms with Crippen LogP contribution < -0.4 is 0 Å². The summed E-state index contributed by atoms with van der Waals surface area (Å²) in [7, 11) is 0. The van der Waals surface area contributed by atoms with Gasteiger partial charge in [0.05, 0.1) is 18.5 Å². The number of benzene rings is 1. The van der Waals surface area contributed by atoms with Gasteiger partial charge in [0.2, 0.25) is 0 Å². The third-order valence-electron chi connectivity index (χ3n) is 3.18. The number of aromatic nitrogens is 3. The van der Waals surface area contributed by atoms with Crippen LogP contribution in [0.5, 0.6) is 0 Å². The molecule has 0 radical (unpaired) electrons. The maximum atomic E-state index is 13.0. The van der Waals surface area contributed by atoms with Crippen molar-refractivity contribution in [2.45, 2.75) is 19.4 Å². The molecule has 0 aliphatic carbocycles. The lowest BCUT2D eigenvalue weighted by molar-refractivity contribution is -0.137. The Kier molecular flexibility index (Phi) is 6.56. The lowest BCUT2D eigenvalue weighted by Gasteiger charge is -2.05. The first-order valence-corrected chi connectivity index (χ1v) is 7.38. The fourth-order valence-electron chi connectivity index (χ4n) is 1.97. The summed E-state index contributed by atoms with van der Waals surface area (Å²) >= 11 is 0. The molecular weight excluding hydrogens is 320 g/mol. The van der Waals surface area contributed by atoms with Gasteiger partial charge < -0.3 is 9.84 Å². The van der Waals surface area contributed by atoms with Crippen LogP contribution in [0.4, 0.5) is 8.78 Å². The second kappa shape index (κ2) is 8.88. The molecule has 0 amide bonds. The van der Waals surface area contributed by atoms with E-state index < -0.39 is 17.6 Å². The van der Waals surface area contributed by atoms with Gasteiger partial charge in [-0.2, -0.15) is 0 Å². The van der Waals surface area contributed by atoms with Crippen LogP contribution in [0.2, 0.25) is 0 Å². The largest absolute Gasteiger partial charge is 0.462 e. The highest BCUT2D eigenvalue weighted by Gasteiger charge is 2.05. The maximum absolute atomic E-state index is 13.0. The number of aliphatic hydroxyl groups is 1. The second-order valence-electron chi connectivity index (χ2n) is 4.95. The number of aliphatic hydroxyl groups excluding tert-OH is 1. The summed E-state index contributed by atoms with van der Waals surface area (Å²) in [5, 5.41) is 16.5. The molecule has 1 aromatic heterocycles. The van der Waals surface area contributed by atoms with Gasteiger partial charge in [-0.3, -0.25) is 0 Å². The zero-order valence-corrected chi connectivity index (χ0v) is 12.9. The molecule has 8 heteroatoms.